The van der Waals surface area contributed by atoms with E-state index in [1.54, 1.807) is 0 Å². The third-order valence-electron chi connectivity index (χ3n) is 3.52. The maximum Gasteiger partial charge on any atom is 0.234 e. The Labute approximate surface area is 112 Å². The van der Waals surface area contributed by atoms with Gasteiger partial charge in [0.05, 0.1) is 6.54 Å². The van der Waals surface area contributed by atoms with Crippen LogP contribution in [-0.4, -0.2) is 23.1 Å². The zero-order valence-electron chi connectivity index (χ0n) is 11.1. The van der Waals surface area contributed by atoms with Crippen molar-refractivity contribution < 1.29 is 4.79 Å². The van der Waals surface area contributed by atoms with Gasteiger partial charge in [0.25, 0.3) is 0 Å². The second-order valence-corrected chi connectivity index (χ2v) is 5.23. The topological polar surface area (TPSA) is 46.1 Å². The number of aromatic nitrogens is 1. The van der Waals surface area contributed by atoms with Gasteiger partial charge in [0.15, 0.2) is 0 Å². The molecule has 1 fully saturated rings. The molecule has 0 unspecified atom stereocenters. The number of fused-ring (bicyclic) bond motifs is 1. The maximum absolute atomic E-state index is 11.6. The summed E-state index contributed by atoms with van der Waals surface area (Å²) < 4.78 is 2.12. The molecule has 1 saturated carbocycles. The normalized spacial score (nSPS) is 14.8. The molecule has 100 valence electrons. The summed E-state index contributed by atoms with van der Waals surface area (Å²) in [6, 6.07) is 8.76. The predicted molar refractivity (Wildman–Crippen MR) is 75.8 cm³/mol. The Kier molecular flexibility index (Phi) is 3.25. The summed E-state index contributed by atoms with van der Waals surface area (Å²) in [6.45, 7) is 1.11. The van der Waals surface area contributed by atoms with Crippen molar-refractivity contribution in [1.82, 2.24) is 15.2 Å². The van der Waals surface area contributed by atoms with Gasteiger partial charge in [0, 0.05) is 36.7 Å². The van der Waals surface area contributed by atoms with E-state index in [0.717, 1.165) is 19.4 Å². The van der Waals surface area contributed by atoms with Crippen molar-refractivity contribution in [2.24, 2.45) is 7.05 Å². The Balaban J connectivity index is 1.60. The molecule has 1 amide bonds. The van der Waals surface area contributed by atoms with E-state index in [1.807, 2.05) is 19.2 Å². The molecular formula is C15H19N3O. The Morgan fingerprint density at radius 1 is 1.37 bits per heavy atom. The molecule has 2 aromatic rings. The number of carbonyl (C=O) groups excluding carboxylic acids is 1. The van der Waals surface area contributed by atoms with E-state index in [9.17, 15) is 4.79 Å². The summed E-state index contributed by atoms with van der Waals surface area (Å²) in [4.78, 5) is 11.6. The van der Waals surface area contributed by atoms with Crippen molar-refractivity contribution in [3.63, 3.8) is 0 Å². The van der Waals surface area contributed by atoms with Gasteiger partial charge in [-0.25, -0.2) is 0 Å². The lowest BCUT2D eigenvalue weighted by Gasteiger charge is -2.04. The summed E-state index contributed by atoms with van der Waals surface area (Å²) in [6.07, 6.45) is 4.39. The summed E-state index contributed by atoms with van der Waals surface area (Å²) in [5, 5.41) is 7.44. The number of carbonyl (C=O) groups is 1. The number of rotatable bonds is 5. The minimum absolute atomic E-state index is 0.0998. The molecule has 3 rings (SSSR count). The Hall–Kier alpha value is -1.81. The molecule has 2 N–H and O–H groups in total. The molecule has 19 heavy (non-hydrogen) atoms. The highest BCUT2D eigenvalue weighted by Gasteiger charge is 2.22. The first-order valence-electron chi connectivity index (χ1n) is 6.77. The van der Waals surface area contributed by atoms with Crippen LogP contribution in [0.2, 0.25) is 0 Å². The minimum atomic E-state index is 0.0998. The van der Waals surface area contributed by atoms with E-state index < -0.39 is 0 Å². The molecule has 0 atom stereocenters. The lowest BCUT2D eigenvalue weighted by atomic mass is 10.2. The fourth-order valence-electron chi connectivity index (χ4n) is 2.38. The quantitative estimate of drug-likeness (QED) is 0.853. The number of nitrogens with zero attached hydrogens (tertiary/aromatic N) is 1. The van der Waals surface area contributed by atoms with E-state index in [-0.39, 0.29) is 5.91 Å². The van der Waals surface area contributed by atoms with Crippen LogP contribution in [0.5, 0.6) is 0 Å². The Morgan fingerprint density at radius 3 is 2.95 bits per heavy atom. The third kappa shape index (κ3) is 2.79. The summed E-state index contributed by atoms with van der Waals surface area (Å²) in [7, 11) is 2.05. The Bertz CT molecular complexity index is 598. The van der Waals surface area contributed by atoms with Crippen LogP contribution in [0.15, 0.2) is 30.5 Å². The monoisotopic (exact) mass is 257 g/mol. The lowest BCUT2D eigenvalue weighted by Crippen LogP contribution is -2.34. The number of nitrogens with one attached hydrogen (secondary N) is 2. The van der Waals surface area contributed by atoms with Gasteiger partial charge < -0.3 is 15.2 Å². The molecule has 1 aliphatic rings. The highest BCUT2D eigenvalue weighted by atomic mass is 16.2. The summed E-state index contributed by atoms with van der Waals surface area (Å²) in [5.41, 5.74) is 2.46. The molecular weight excluding hydrogens is 238 g/mol. The Morgan fingerprint density at radius 2 is 2.16 bits per heavy atom. The third-order valence-corrected chi connectivity index (χ3v) is 3.52. The van der Waals surface area contributed by atoms with Gasteiger partial charge in [-0.15, -0.1) is 0 Å². The molecule has 0 radical (unpaired) electrons. The van der Waals surface area contributed by atoms with Crippen molar-refractivity contribution in [3.8, 4) is 0 Å². The number of amides is 1. The molecule has 0 bridgehead atoms. The molecule has 1 heterocycles. The molecule has 4 nitrogen and oxygen atoms in total. The number of para-hydroxylation sites is 1. The van der Waals surface area contributed by atoms with Gasteiger partial charge in [-0.05, 0) is 24.5 Å². The minimum Gasteiger partial charge on any atom is -0.352 e. The number of aryl methyl sites for hydroxylation is 1. The van der Waals surface area contributed by atoms with Gasteiger partial charge >= 0.3 is 0 Å². The first-order valence-corrected chi connectivity index (χ1v) is 6.77. The van der Waals surface area contributed by atoms with E-state index in [2.05, 4.69) is 33.5 Å². The summed E-state index contributed by atoms with van der Waals surface area (Å²) in [5.74, 6) is 0.0998. The smallest absolute Gasteiger partial charge is 0.234 e. The summed E-state index contributed by atoms with van der Waals surface area (Å²) >= 11 is 0. The van der Waals surface area contributed by atoms with E-state index in [1.165, 1.54) is 16.5 Å². The van der Waals surface area contributed by atoms with Crippen molar-refractivity contribution >= 4 is 16.8 Å². The molecule has 0 spiro atoms. The van der Waals surface area contributed by atoms with Crippen molar-refractivity contribution in [2.75, 3.05) is 6.54 Å². The van der Waals surface area contributed by atoms with Crippen LogP contribution in [0, 0.1) is 0 Å². The number of hydrogen-bond acceptors (Lipinski definition) is 2. The van der Waals surface area contributed by atoms with Gasteiger partial charge in [0.2, 0.25) is 5.91 Å². The maximum atomic E-state index is 11.6. The van der Waals surface area contributed by atoms with Crippen LogP contribution in [0.25, 0.3) is 10.9 Å². The molecule has 0 saturated heterocycles. The average Bonchev–Trinajstić information content (AvgIpc) is 3.15. The largest absolute Gasteiger partial charge is 0.352 e. The van der Waals surface area contributed by atoms with Crippen LogP contribution in [0.4, 0.5) is 0 Å². The van der Waals surface area contributed by atoms with E-state index >= 15 is 0 Å². The molecule has 0 aliphatic heterocycles. The first kappa shape index (κ1) is 12.2. The average molecular weight is 257 g/mol. The van der Waals surface area contributed by atoms with Crippen molar-refractivity contribution in [3.05, 3.63) is 36.0 Å². The highest BCUT2D eigenvalue weighted by Crippen LogP contribution is 2.20. The van der Waals surface area contributed by atoms with Gasteiger partial charge in [-0.3, -0.25) is 4.79 Å². The van der Waals surface area contributed by atoms with Gasteiger partial charge in [-0.1, -0.05) is 18.2 Å². The molecule has 1 aromatic carbocycles. The number of benzene rings is 1. The van der Waals surface area contributed by atoms with Crippen LogP contribution in [-0.2, 0) is 18.4 Å². The van der Waals surface area contributed by atoms with Crippen molar-refractivity contribution in [2.45, 2.75) is 25.4 Å². The standard InChI is InChI=1S/C15H19N3O/c1-18-10-11(13-4-2-3-5-14(13)18)8-16-9-15(19)17-12-6-7-12/h2-5,10,12,16H,6-9H2,1H3,(H,17,19). The fraction of sp³-hybridized carbons (Fsp3) is 0.400. The number of hydrogen-bond donors (Lipinski definition) is 2. The van der Waals surface area contributed by atoms with E-state index in [0.29, 0.717) is 12.6 Å². The zero-order chi connectivity index (χ0) is 13.2. The van der Waals surface area contributed by atoms with E-state index in [4.69, 9.17) is 0 Å². The predicted octanol–water partition coefficient (Wildman–Crippen LogP) is 1.55. The first-order chi connectivity index (χ1) is 9.24. The second-order valence-electron chi connectivity index (χ2n) is 5.23. The fourth-order valence-corrected chi connectivity index (χ4v) is 2.38. The molecule has 1 aromatic heterocycles. The SMILES string of the molecule is Cn1cc(CNCC(=O)NC2CC2)c2ccccc21. The van der Waals surface area contributed by atoms with Crippen LogP contribution in [0.3, 0.4) is 0 Å². The molecule has 4 heteroatoms. The van der Waals surface area contributed by atoms with Crippen molar-refractivity contribution in [1.29, 1.82) is 0 Å². The van der Waals surface area contributed by atoms with Gasteiger partial charge in [-0.2, -0.15) is 0 Å². The second kappa shape index (κ2) is 5.05. The van der Waals surface area contributed by atoms with Gasteiger partial charge in [0.1, 0.15) is 0 Å². The van der Waals surface area contributed by atoms with Crippen LogP contribution in [0.1, 0.15) is 18.4 Å². The highest BCUT2D eigenvalue weighted by molar-refractivity contribution is 5.84. The van der Waals surface area contributed by atoms with Crippen LogP contribution < -0.4 is 10.6 Å². The lowest BCUT2D eigenvalue weighted by molar-refractivity contribution is -0.120. The molecule has 1 aliphatic carbocycles. The van der Waals surface area contributed by atoms with Crippen LogP contribution >= 0.6 is 0 Å². The zero-order valence-corrected chi connectivity index (χ0v) is 11.1.